The lowest BCUT2D eigenvalue weighted by Gasteiger charge is -2.13. The number of carbonyl (C=O) groups excluding carboxylic acids is 1. The lowest BCUT2D eigenvalue weighted by molar-refractivity contribution is -0.116. The molecule has 0 saturated carbocycles. The molecule has 0 saturated heterocycles. The molecule has 0 bridgehead atoms. The fraction of sp³-hybridized carbons (Fsp3) is 0.182. The van der Waals surface area contributed by atoms with Gasteiger partial charge in [-0.25, -0.2) is 4.68 Å². The lowest BCUT2D eigenvalue weighted by atomic mass is 10.2. The Bertz CT molecular complexity index is 1320. The number of nitrogen functional groups attached to an aromatic ring is 1. The molecule has 0 atom stereocenters. The number of nitrogens with zero attached hydrogens (tertiary/aromatic N) is 4. The summed E-state index contributed by atoms with van der Waals surface area (Å²) >= 11 is 7.54. The number of aromatic nitrogens is 4. The van der Waals surface area contributed by atoms with Crippen LogP contribution in [-0.4, -0.2) is 46.3 Å². The predicted octanol–water partition coefficient (Wildman–Crippen LogP) is 4.21. The molecule has 2 aromatic heterocycles. The van der Waals surface area contributed by atoms with Gasteiger partial charge in [0.15, 0.2) is 0 Å². The molecular formula is C22H21ClN6O4S. The number of methoxy groups -OCH3 is 2. The van der Waals surface area contributed by atoms with Gasteiger partial charge < -0.3 is 25.0 Å². The number of benzene rings is 2. The Kier molecular flexibility index (Phi) is 6.94. The van der Waals surface area contributed by atoms with Crippen LogP contribution in [0.2, 0.25) is 5.02 Å². The summed E-state index contributed by atoms with van der Waals surface area (Å²) in [6.07, 6.45) is 1.84. The maximum absolute atomic E-state index is 12.8. The van der Waals surface area contributed by atoms with Gasteiger partial charge in [0.2, 0.25) is 11.7 Å². The zero-order valence-corrected chi connectivity index (χ0v) is 20.1. The monoisotopic (exact) mass is 500 g/mol. The van der Waals surface area contributed by atoms with Gasteiger partial charge in [-0.3, -0.25) is 4.79 Å². The van der Waals surface area contributed by atoms with E-state index in [1.807, 2.05) is 36.6 Å². The number of halogens is 1. The third-order valence-electron chi connectivity index (χ3n) is 4.87. The first-order valence-corrected chi connectivity index (χ1v) is 11.6. The van der Waals surface area contributed by atoms with E-state index >= 15 is 0 Å². The molecule has 12 heteroatoms. The van der Waals surface area contributed by atoms with Crippen LogP contribution in [-0.2, 0) is 11.3 Å². The summed E-state index contributed by atoms with van der Waals surface area (Å²) in [5.74, 6) is 1.31. The summed E-state index contributed by atoms with van der Waals surface area (Å²) in [4.78, 5) is 17.2. The van der Waals surface area contributed by atoms with Gasteiger partial charge in [0, 0.05) is 11.6 Å². The minimum atomic E-state index is -0.386. The van der Waals surface area contributed by atoms with Gasteiger partial charge >= 0.3 is 0 Å². The van der Waals surface area contributed by atoms with E-state index in [1.54, 1.807) is 12.1 Å². The van der Waals surface area contributed by atoms with Gasteiger partial charge in [0.25, 0.3) is 5.89 Å². The second kappa shape index (κ2) is 10.1. The highest BCUT2D eigenvalue weighted by Crippen LogP contribution is 2.37. The summed E-state index contributed by atoms with van der Waals surface area (Å²) in [5.41, 5.74) is 8.00. The average Bonchev–Trinajstić information content (AvgIpc) is 3.44. The van der Waals surface area contributed by atoms with Crippen molar-refractivity contribution in [2.75, 3.05) is 31.5 Å². The molecular weight excluding hydrogens is 480 g/mol. The van der Waals surface area contributed by atoms with Crippen molar-refractivity contribution in [1.82, 2.24) is 19.9 Å². The molecule has 0 spiro atoms. The Morgan fingerprint density at radius 1 is 1.21 bits per heavy atom. The molecule has 2 heterocycles. The smallest absolute Gasteiger partial charge is 0.264 e. The molecule has 4 aromatic rings. The normalized spacial score (nSPS) is 10.8. The number of hydrogen-bond acceptors (Lipinski definition) is 9. The molecule has 0 aliphatic heterocycles. The Morgan fingerprint density at radius 3 is 2.62 bits per heavy atom. The molecule has 3 N–H and O–H groups in total. The van der Waals surface area contributed by atoms with Crippen molar-refractivity contribution >= 4 is 40.8 Å². The van der Waals surface area contributed by atoms with Crippen molar-refractivity contribution in [3.63, 3.8) is 0 Å². The molecule has 10 nitrogen and oxygen atoms in total. The van der Waals surface area contributed by atoms with Crippen molar-refractivity contribution < 1.29 is 18.8 Å². The summed E-state index contributed by atoms with van der Waals surface area (Å²) in [5, 5.41) is 12.1. The SMILES string of the molecule is COc1cc(OC)c(NC(=O)Cn2nc(SC)c(-c3nc(-c4ccccc4)no3)c2N)cc1Cl. The number of nitrogens with one attached hydrogen (secondary N) is 1. The third-order valence-corrected chi connectivity index (χ3v) is 5.83. The predicted molar refractivity (Wildman–Crippen MR) is 130 cm³/mol. The second-order valence-electron chi connectivity index (χ2n) is 6.95. The van der Waals surface area contributed by atoms with Crippen LogP contribution in [0.15, 0.2) is 52.0 Å². The summed E-state index contributed by atoms with van der Waals surface area (Å²) in [6.45, 7) is -0.161. The van der Waals surface area contributed by atoms with E-state index in [4.69, 9.17) is 31.3 Å². The van der Waals surface area contributed by atoms with E-state index in [9.17, 15) is 4.79 Å². The lowest BCUT2D eigenvalue weighted by Crippen LogP contribution is -2.21. The highest BCUT2D eigenvalue weighted by molar-refractivity contribution is 7.98. The maximum Gasteiger partial charge on any atom is 0.264 e. The molecule has 0 aliphatic carbocycles. The minimum absolute atomic E-state index is 0.161. The summed E-state index contributed by atoms with van der Waals surface area (Å²) < 4.78 is 17.3. The van der Waals surface area contributed by atoms with Crippen molar-refractivity contribution in [1.29, 1.82) is 0 Å². The largest absolute Gasteiger partial charge is 0.495 e. The first kappa shape index (κ1) is 23.5. The zero-order chi connectivity index (χ0) is 24.2. The summed E-state index contributed by atoms with van der Waals surface area (Å²) in [6, 6.07) is 12.6. The van der Waals surface area contributed by atoms with Crippen LogP contribution in [0.1, 0.15) is 0 Å². The first-order valence-electron chi connectivity index (χ1n) is 9.96. The van der Waals surface area contributed by atoms with Gasteiger partial charge in [-0.2, -0.15) is 10.1 Å². The first-order chi connectivity index (χ1) is 16.4. The number of carbonyl (C=O) groups is 1. The van der Waals surface area contributed by atoms with Gasteiger partial charge in [-0.05, 0) is 12.3 Å². The number of thioether (sulfide) groups is 1. The molecule has 0 fully saturated rings. The molecule has 34 heavy (non-hydrogen) atoms. The fourth-order valence-corrected chi connectivity index (χ4v) is 4.05. The minimum Gasteiger partial charge on any atom is -0.495 e. The number of amides is 1. The average molecular weight is 501 g/mol. The highest BCUT2D eigenvalue weighted by atomic mass is 35.5. The van der Waals surface area contributed by atoms with E-state index in [2.05, 4.69) is 20.6 Å². The molecule has 0 radical (unpaired) electrons. The van der Waals surface area contributed by atoms with E-state index in [1.165, 1.54) is 30.7 Å². The zero-order valence-electron chi connectivity index (χ0n) is 18.5. The Labute approximate surface area is 204 Å². The molecule has 0 aliphatic rings. The third kappa shape index (κ3) is 4.66. The van der Waals surface area contributed by atoms with Crippen molar-refractivity contribution in [3.8, 4) is 34.3 Å². The topological polar surface area (TPSA) is 130 Å². The van der Waals surface area contributed by atoms with Crippen molar-refractivity contribution in [2.24, 2.45) is 0 Å². The number of hydrogen-bond donors (Lipinski definition) is 2. The van der Waals surface area contributed by atoms with Crippen LogP contribution in [0.25, 0.3) is 22.8 Å². The standard InChI is InChI=1S/C22H21ClN6O4S/c1-31-15-10-16(32-2)14(9-13(15)23)25-17(30)11-29-19(24)18(22(27-29)34-3)21-26-20(28-33-21)12-7-5-4-6-8-12/h4-10H,11,24H2,1-3H3,(H,25,30). The van der Waals surface area contributed by atoms with Crippen molar-refractivity contribution in [3.05, 3.63) is 47.5 Å². The van der Waals surface area contributed by atoms with Crippen molar-refractivity contribution in [2.45, 2.75) is 11.6 Å². The number of ether oxygens (including phenoxy) is 2. The van der Waals surface area contributed by atoms with Crippen LogP contribution in [0.3, 0.4) is 0 Å². The van der Waals surface area contributed by atoms with Crippen LogP contribution >= 0.6 is 23.4 Å². The molecule has 4 rings (SSSR count). The quantitative estimate of drug-likeness (QED) is 0.341. The number of rotatable bonds is 8. The molecule has 1 amide bonds. The Morgan fingerprint density at radius 2 is 1.94 bits per heavy atom. The van der Waals surface area contributed by atoms with E-state index in [-0.39, 0.29) is 24.2 Å². The molecule has 2 aromatic carbocycles. The Balaban J connectivity index is 1.58. The van der Waals surface area contributed by atoms with Gasteiger partial charge in [-0.1, -0.05) is 47.1 Å². The van der Waals surface area contributed by atoms with Gasteiger partial charge in [0.1, 0.15) is 34.5 Å². The van der Waals surface area contributed by atoms with E-state index < -0.39 is 0 Å². The van der Waals surface area contributed by atoms with Crippen LogP contribution < -0.4 is 20.5 Å². The number of anilines is 2. The van der Waals surface area contributed by atoms with Gasteiger partial charge in [0.05, 0.1) is 24.9 Å². The summed E-state index contributed by atoms with van der Waals surface area (Å²) in [7, 11) is 2.97. The highest BCUT2D eigenvalue weighted by Gasteiger charge is 2.24. The fourth-order valence-electron chi connectivity index (χ4n) is 3.23. The van der Waals surface area contributed by atoms with Crippen LogP contribution in [0.5, 0.6) is 11.5 Å². The van der Waals surface area contributed by atoms with Crippen LogP contribution in [0.4, 0.5) is 11.5 Å². The van der Waals surface area contributed by atoms with E-state index in [0.717, 1.165) is 5.56 Å². The second-order valence-corrected chi connectivity index (χ2v) is 8.15. The van der Waals surface area contributed by atoms with E-state index in [0.29, 0.717) is 38.6 Å². The maximum atomic E-state index is 12.8. The molecule has 176 valence electrons. The van der Waals surface area contributed by atoms with Crippen LogP contribution in [0, 0.1) is 0 Å². The number of nitrogens with two attached hydrogens (primary N) is 1. The van der Waals surface area contributed by atoms with Gasteiger partial charge in [-0.15, -0.1) is 11.8 Å². The molecule has 0 unspecified atom stereocenters. The Hall–Kier alpha value is -3.70.